The molecular formula is C28H35BrFN7O4. The minimum atomic E-state index is -0.638. The lowest BCUT2D eigenvalue weighted by Gasteiger charge is -2.35. The monoisotopic (exact) mass is 631 g/mol. The van der Waals surface area contributed by atoms with Crippen LogP contribution in [0.25, 0.3) is 0 Å². The molecule has 0 saturated heterocycles. The number of aromatic amines is 1. The SMILES string of the molecule is Br.CCOc1cc2c(c(F)c1OCC)C(=N)N(CC(=O)c1cc3c(c(C(C)(C)C)c1)OCCN3Cc1nn[nH]n1)C2. The number of rotatable bonds is 9. The fraction of sp³-hybridized carbons (Fsp3) is 0.464. The number of hydrogen-bond donors (Lipinski definition) is 2. The van der Waals surface area contributed by atoms with Crippen molar-refractivity contribution in [3.8, 4) is 17.2 Å². The summed E-state index contributed by atoms with van der Waals surface area (Å²) < 4.78 is 32.7. The number of tetrazole rings is 1. The Morgan fingerprint density at radius 2 is 1.93 bits per heavy atom. The Hall–Kier alpha value is -3.74. The van der Waals surface area contributed by atoms with E-state index in [9.17, 15) is 4.79 Å². The fourth-order valence-corrected chi connectivity index (χ4v) is 5.10. The molecule has 1 aromatic heterocycles. The van der Waals surface area contributed by atoms with Gasteiger partial charge in [0, 0.05) is 17.7 Å². The van der Waals surface area contributed by atoms with Crippen LogP contribution in [0.2, 0.25) is 0 Å². The van der Waals surface area contributed by atoms with Crippen LogP contribution in [0.1, 0.15) is 67.5 Å². The molecule has 2 aliphatic rings. The van der Waals surface area contributed by atoms with Crippen LogP contribution in [0, 0.1) is 11.2 Å². The van der Waals surface area contributed by atoms with E-state index in [1.54, 1.807) is 17.9 Å². The number of nitrogens with one attached hydrogen (secondary N) is 2. The third-order valence-corrected chi connectivity index (χ3v) is 6.98. The molecule has 220 valence electrons. The summed E-state index contributed by atoms with van der Waals surface area (Å²) in [6, 6.07) is 5.39. The highest BCUT2D eigenvalue weighted by Gasteiger charge is 2.34. The lowest BCUT2D eigenvalue weighted by atomic mass is 9.84. The van der Waals surface area contributed by atoms with Gasteiger partial charge in [0.1, 0.15) is 18.2 Å². The molecule has 13 heteroatoms. The zero-order valence-corrected chi connectivity index (χ0v) is 25.6. The van der Waals surface area contributed by atoms with Crippen LogP contribution in [-0.4, -0.2) is 70.1 Å². The van der Waals surface area contributed by atoms with Gasteiger partial charge in [0.25, 0.3) is 0 Å². The van der Waals surface area contributed by atoms with Crippen LogP contribution < -0.4 is 19.1 Å². The first-order valence-electron chi connectivity index (χ1n) is 13.4. The summed E-state index contributed by atoms with van der Waals surface area (Å²) in [5, 5.41) is 23.0. The quantitative estimate of drug-likeness (QED) is 0.329. The van der Waals surface area contributed by atoms with Crippen molar-refractivity contribution in [2.24, 2.45) is 0 Å². The highest BCUT2D eigenvalue weighted by atomic mass is 79.9. The normalized spacial score (nSPS) is 14.2. The predicted octanol–water partition coefficient (Wildman–Crippen LogP) is 4.43. The maximum atomic E-state index is 15.5. The lowest BCUT2D eigenvalue weighted by Crippen LogP contribution is -2.35. The van der Waals surface area contributed by atoms with E-state index < -0.39 is 5.82 Å². The molecule has 41 heavy (non-hydrogen) atoms. The van der Waals surface area contributed by atoms with E-state index in [-0.39, 0.29) is 65.0 Å². The van der Waals surface area contributed by atoms with Crippen LogP contribution in [-0.2, 0) is 18.5 Å². The average molecular weight is 633 g/mol. The van der Waals surface area contributed by atoms with Crippen molar-refractivity contribution < 1.29 is 23.4 Å². The first kappa shape index (κ1) is 30.2. The maximum absolute atomic E-state index is 15.5. The average Bonchev–Trinajstić information content (AvgIpc) is 3.53. The molecule has 11 nitrogen and oxygen atoms in total. The maximum Gasteiger partial charge on any atom is 0.197 e. The topological polar surface area (TPSA) is 130 Å². The molecule has 5 rings (SSSR count). The van der Waals surface area contributed by atoms with Crippen molar-refractivity contribution in [2.45, 2.75) is 53.1 Å². The van der Waals surface area contributed by atoms with E-state index >= 15 is 4.39 Å². The Balaban J connectivity index is 0.00000387. The van der Waals surface area contributed by atoms with E-state index in [2.05, 4.69) is 46.3 Å². The first-order chi connectivity index (χ1) is 19.1. The van der Waals surface area contributed by atoms with E-state index in [0.29, 0.717) is 49.0 Å². The molecule has 3 aromatic rings. The number of aromatic nitrogens is 4. The number of benzene rings is 2. The number of carbonyl (C=O) groups is 1. The summed E-state index contributed by atoms with van der Waals surface area (Å²) in [5.74, 6) is 0.673. The molecule has 0 fully saturated rings. The van der Waals surface area contributed by atoms with Crippen molar-refractivity contribution >= 4 is 34.3 Å². The van der Waals surface area contributed by atoms with Gasteiger partial charge in [-0.2, -0.15) is 5.21 Å². The van der Waals surface area contributed by atoms with Gasteiger partial charge in [0.2, 0.25) is 0 Å². The number of H-pyrrole nitrogens is 1. The zero-order valence-electron chi connectivity index (χ0n) is 23.8. The predicted molar refractivity (Wildman–Crippen MR) is 156 cm³/mol. The second-order valence-corrected chi connectivity index (χ2v) is 10.8. The highest BCUT2D eigenvalue weighted by molar-refractivity contribution is 8.93. The number of amidine groups is 1. The third-order valence-electron chi connectivity index (χ3n) is 6.98. The van der Waals surface area contributed by atoms with Crippen LogP contribution >= 0.6 is 17.0 Å². The molecule has 0 aliphatic carbocycles. The second kappa shape index (κ2) is 12.0. The van der Waals surface area contributed by atoms with E-state index in [0.717, 1.165) is 17.0 Å². The Kier molecular flexibility index (Phi) is 8.86. The van der Waals surface area contributed by atoms with Crippen LogP contribution in [0.15, 0.2) is 18.2 Å². The van der Waals surface area contributed by atoms with Crippen molar-refractivity contribution in [3.63, 3.8) is 0 Å². The Morgan fingerprint density at radius 1 is 1.17 bits per heavy atom. The standard InChI is InChI=1S/C28H34FN7O4.BrH/c1-6-38-21-12-17-13-36(27(30)23(17)24(29)26(21)39-7-2)14-20(37)16-10-18(28(3,4)5)25-19(11-16)35(8-9-40-25)15-22-31-33-34-32-22;/h10-12,30H,6-9,13-15H2,1-5H3,(H,31,32,33,34);1H. The zero-order chi connectivity index (χ0) is 28.6. The molecule has 0 bridgehead atoms. The summed E-state index contributed by atoms with van der Waals surface area (Å²) >= 11 is 0. The number of halogens is 2. The summed E-state index contributed by atoms with van der Waals surface area (Å²) in [6.45, 7) is 12.0. The van der Waals surface area contributed by atoms with Crippen LogP contribution in [0.3, 0.4) is 0 Å². The lowest BCUT2D eigenvalue weighted by molar-refractivity contribution is 0.0962. The van der Waals surface area contributed by atoms with Crippen molar-refractivity contribution in [1.29, 1.82) is 5.41 Å². The first-order valence-corrected chi connectivity index (χ1v) is 13.4. The third kappa shape index (κ3) is 5.85. The van der Waals surface area contributed by atoms with E-state index in [4.69, 9.17) is 19.6 Å². The number of nitrogens with zero attached hydrogens (tertiary/aromatic N) is 5. The summed E-state index contributed by atoms with van der Waals surface area (Å²) in [7, 11) is 0. The van der Waals surface area contributed by atoms with E-state index in [1.807, 2.05) is 19.1 Å². The van der Waals surface area contributed by atoms with Gasteiger partial charge in [-0.15, -0.1) is 27.2 Å². The molecule has 0 spiro atoms. The molecule has 0 radical (unpaired) electrons. The van der Waals surface area contributed by atoms with Gasteiger partial charge in [-0.05, 0) is 43.0 Å². The molecule has 2 aromatic carbocycles. The van der Waals surface area contributed by atoms with Crippen molar-refractivity contribution in [3.05, 3.63) is 52.1 Å². The van der Waals surface area contributed by atoms with Crippen LogP contribution in [0.4, 0.5) is 10.1 Å². The molecule has 0 saturated carbocycles. The minimum absolute atomic E-state index is 0. The number of anilines is 1. The van der Waals surface area contributed by atoms with Gasteiger partial charge in [-0.3, -0.25) is 10.2 Å². The minimum Gasteiger partial charge on any atom is -0.490 e. The highest BCUT2D eigenvalue weighted by Crippen LogP contribution is 2.43. The van der Waals surface area contributed by atoms with Crippen LogP contribution in [0.5, 0.6) is 17.2 Å². The number of ether oxygens (including phenoxy) is 3. The van der Waals surface area contributed by atoms with Gasteiger partial charge < -0.3 is 24.0 Å². The Morgan fingerprint density at radius 3 is 2.59 bits per heavy atom. The molecule has 2 N–H and O–H groups in total. The number of carbonyl (C=O) groups excluding carboxylic acids is 1. The smallest absolute Gasteiger partial charge is 0.197 e. The largest absolute Gasteiger partial charge is 0.490 e. The van der Waals surface area contributed by atoms with Crippen molar-refractivity contribution in [2.75, 3.05) is 37.8 Å². The van der Waals surface area contributed by atoms with Gasteiger partial charge in [-0.1, -0.05) is 26.0 Å². The summed E-state index contributed by atoms with van der Waals surface area (Å²) in [4.78, 5) is 17.4. The van der Waals surface area contributed by atoms with Gasteiger partial charge >= 0.3 is 0 Å². The van der Waals surface area contributed by atoms with Crippen molar-refractivity contribution in [1.82, 2.24) is 25.5 Å². The molecule has 0 unspecified atom stereocenters. The summed E-state index contributed by atoms with van der Waals surface area (Å²) in [6.07, 6.45) is 0. The number of ketones is 1. The molecular weight excluding hydrogens is 597 g/mol. The molecule has 0 atom stereocenters. The van der Waals surface area contributed by atoms with E-state index in [1.165, 1.54) is 0 Å². The molecule has 2 aliphatic heterocycles. The fourth-order valence-electron chi connectivity index (χ4n) is 5.10. The van der Waals surface area contributed by atoms with Gasteiger partial charge in [-0.25, -0.2) is 4.39 Å². The Bertz CT molecular complexity index is 1440. The number of hydrogen-bond acceptors (Lipinski definition) is 9. The summed E-state index contributed by atoms with van der Waals surface area (Å²) in [5.41, 5.74) is 2.59. The van der Waals surface area contributed by atoms with Gasteiger partial charge in [0.05, 0.1) is 44.1 Å². The number of fused-ring (bicyclic) bond motifs is 2. The van der Waals surface area contributed by atoms with Gasteiger partial charge in [0.15, 0.2) is 28.9 Å². The molecule has 0 amide bonds. The second-order valence-electron chi connectivity index (χ2n) is 10.8. The molecule has 3 heterocycles. The Labute approximate surface area is 248 Å². The number of Topliss-reactive ketones (excluding diaryl/α,β-unsaturated/α-hetero) is 1.